The van der Waals surface area contributed by atoms with Crippen LogP contribution in [0.2, 0.25) is 0 Å². The number of nitrogens with one attached hydrogen (secondary N) is 1. The molecule has 0 saturated heterocycles. The third-order valence-electron chi connectivity index (χ3n) is 2.93. The maximum atomic E-state index is 11.5. The molecule has 0 amide bonds. The summed E-state index contributed by atoms with van der Waals surface area (Å²) in [6.45, 7) is 5.85. The van der Waals surface area contributed by atoms with E-state index in [1.165, 1.54) is 5.56 Å². The van der Waals surface area contributed by atoms with Crippen molar-refractivity contribution in [3.8, 4) is 5.75 Å². The van der Waals surface area contributed by atoms with Crippen LogP contribution in [0.1, 0.15) is 43.9 Å². The number of benzene rings is 1. The quantitative estimate of drug-likeness (QED) is 0.852. The molecule has 1 N–H and O–H groups in total. The van der Waals surface area contributed by atoms with Gasteiger partial charge in [0.15, 0.2) is 5.78 Å². The van der Waals surface area contributed by atoms with Gasteiger partial charge in [-0.3, -0.25) is 4.79 Å². The highest BCUT2D eigenvalue weighted by atomic mass is 16.5. The first kappa shape index (κ1) is 13.7. The number of methoxy groups -OCH3 is 1. The summed E-state index contributed by atoms with van der Waals surface area (Å²) in [6, 6.07) is 5.73. The number of hydrogen-bond donors (Lipinski definition) is 1. The van der Waals surface area contributed by atoms with E-state index < -0.39 is 0 Å². The van der Waals surface area contributed by atoms with Gasteiger partial charge in [-0.05, 0) is 31.5 Å². The fraction of sp³-hybridized carbons (Fsp3) is 0.500. The van der Waals surface area contributed by atoms with Crippen LogP contribution in [0.25, 0.3) is 0 Å². The monoisotopic (exact) mass is 235 g/mol. The number of carbonyl (C=O) groups excluding carboxylic acids is 1. The molecular weight excluding hydrogens is 214 g/mol. The zero-order chi connectivity index (χ0) is 13.0. The predicted octanol–water partition coefficient (Wildman–Crippen LogP) is 2.67. The molecule has 0 aromatic heterocycles. The van der Waals surface area contributed by atoms with Gasteiger partial charge in [-0.2, -0.15) is 0 Å². The van der Waals surface area contributed by atoms with Gasteiger partial charge in [0.25, 0.3) is 0 Å². The molecule has 3 nitrogen and oxygen atoms in total. The number of likely N-dealkylation sites (N-methyl/N-ethyl adjacent to an activating group) is 1. The highest BCUT2D eigenvalue weighted by Gasteiger charge is 2.19. The molecule has 17 heavy (non-hydrogen) atoms. The van der Waals surface area contributed by atoms with E-state index in [9.17, 15) is 4.79 Å². The van der Waals surface area contributed by atoms with Crippen LogP contribution in [0.3, 0.4) is 0 Å². The van der Waals surface area contributed by atoms with Crippen molar-refractivity contribution < 1.29 is 9.53 Å². The summed E-state index contributed by atoms with van der Waals surface area (Å²) in [5.74, 6) is 1.30. The van der Waals surface area contributed by atoms with E-state index >= 15 is 0 Å². The van der Waals surface area contributed by atoms with Crippen molar-refractivity contribution in [3.05, 3.63) is 29.3 Å². The van der Waals surface area contributed by atoms with Crippen LogP contribution in [0.4, 0.5) is 0 Å². The number of ether oxygens (including phenoxy) is 1. The van der Waals surface area contributed by atoms with Gasteiger partial charge >= 0.3 is 0 Å². The van der Waals surface area contributed by atoms with Crippen molar-refractivity contribution in [2.45, 2.75) is 32.7 Å². The Hall–Kier alpha value is -1.35. The molecule has 0 fully saturated rings. The third-order valence-corrected chi connectivity index (χ3v) is 2.93. The second kappa shape index (κ2) is 5.82. The molecule has 0 aliphatic rings. The maximum Gasteiger partial charge on any atom is 0.151 e. The minimum Gasteiger partial charge on any atom is -0.496 e. The van der Waals surface area contributed by atoms with Gasteiger partial charge in [0, 0.05) is 5.56 Å². The Morgan fingerprint density at radius 3 is 2.41 bits per heavy atom. The van der Waals surface area contributed by atoms with Crippen LogP contribution in [0.15, 0.2) is 18.2 Å². The Morgan fingerprint density at radius 2 is 2.00 bits per heavy atom. The van der Waals surface area contributed by atoms with Crippen molar-refractivity contribution in [2.75, 3.05) is 14.2 Å². The summed E-state index contributed by atoms with van der Waals surface area (Å²) in [7, 11) is 3.41. The normalized spacial score (nSPS) is 12.6. The minimum absolute atomic E-state index is 0.0862. The third kappa shape index (κ3) is 3.07. The maximum absolute atomic E-state index is 11.5. The zero-order valence-corrected chi connectivity index (χ0v) is 11.2. The van der Waals surface area contributed by atoms with Crippen LogP contribution >= 0.6 is 0 Å². The van der Waals surface area contributed by atoms with E-state index in [0.29, 0.717) is 5.92 Å². The number of rotatable bonds is 5. The van der Waals surface area contributed by atoms with Crippen molar-refractivity contribution in [3.63, 3.8) is 0 Å². The molecule has 0 bridgehead atoms. The van der Waals surface area contributed by atoms with Crippen LogP contribution < -0.4 is 10.1 Å². The first-order chi connectivity index (χ1) is 8.01. The fourth-order valence-corrected chi connectivity index (χ4v) is 1.90. The van der Waals surface area contributed by atoms with Crippen molar-refractivity contribution in [2.24, 2.45) is 0 Å². The molecule has 0 spiro atoms. The van der Waals surface area contributed by atoms with Crippen LogP contribution in [0.5, 0.6) is 5.75 Å². The zero-order valence-electron chi connectivity index (χ0n) is 11.2. The van der Waals surface area contributed by atoms with Crippen LogP contribution in [-0.2, 0) is 4.79 Å². The van der Waals surface area contributed by atoms with E-state index in [4.69, 9.17) is 4.74 Å². The summed E-state index contributed by atoms with van der Waals surface area (Å²) in [5, 5.41) is 3.01. The van der Waals surface area contributed by atoms with Gasteiger partial charge in [-0.25, -0.2) is 0 Å². The largest absolute Gasteiger partial charge is 0.496 e. The lowest BCUT2D eigenvalue weighted by atomic mass is 9.96. The molecule has 0 aliphatic carbocycles. The van der Waals surface area contributed by atoms with E-state index in [1.54, 1.807) is 21.1 Å². The number of Topliss-reactive ketones (excluding diaryl/α,β-unsaturated/α-hetero) is 1. The minimum atomic E-state index is -0.300. The number of hydrogen-bond acceptors (Lipinski definition) is 3. The Kier molecular flexibility index (Phi) is 4.70. The molecule has 0 heterocycles. The van der Waals surface area contributed by atoms with Gasteiger partial charge in [-0.1, -0.05) is 26.0 Å². The van der Waals surface area contributed by atoms with Crippen LogP contribution in [-0.4, -0.2) is 19.9 Å². The van der Waals surface area contributed by atoms with E-state index in [0.717, 1.165) is 11.3 Å². The Balaban J connectivity index is 3.20. The lowest BCUT2D eigenvalue weighted by Crippen LogP contribution is -2.23. The van der Waals surface area contributed by atoms with Crippen LogP contribution in [0, 0.1) is 0 Å². The molecular formula is C14H21NO2. The van der Waals surface area contributed by atoms with Crippen molar-refractivity contribution >= 4 is 5.78 Å². The summed E-state index contributed by atoms with van der Waals surface area (Å²) in [5.41, 5.74) is 2.11. The summed E-state index contributed by atoms with van der Waals surface area (Å²) in [6.07, 6.45) is 0. The summed E-state index contributed by atoms with van der Waals surface area (Å²) < 4.78 is 5.38. The lowest BCUT2D eigenvalue weighted by Gasteiger charge is -2.18. The second-order valence-corrected chi connectivity index (χ2v) is 4.49. The number of carbonyl (C=O) groups is 1. The Morgan fingerprint density at radius 1 is 1.35 bits per heavy atom. The Bertz CT molecular complexity index is 399. The Labute approximate surface area is 103 Å². The molecule has 3 heteroatoms. The van der Waals surface area contributed by atoms with E-state index in [1.807, 2.05) is 12.1 Å². The smallest absolute Gasteiger partial charge is 0.151 e. The first-order valence-electron chi connectivity index (χ1n) is 5.86. The first-order valence-corrected chi connectivity index (χ1v) is 5.86. The molecule has 0 radical (unpaired) electrons. The summed E-state index contributed by atoms with van der Waals surface area (Å²) >= 11 is 0. The molecule has 1 unspecified atom stereocenters. The molecule has 1 rings (SSSR count). The van der Waals surface area contributed by atoms with Crippen molar-refractivity contribution in [1.82, 2.24) is 5.32 Å². The molecule has 1 atom stereocenters. The standard InChI is InChI=1S/C14H21NO2/c1-9(2)11-6-7-12(13(8-11)17-5)14(15-4)10(3)16/h6-9,14-15H,1-5H3. The summed E-state index contributed by atoms with van der Waals surface area (Å²) in [4.78, 5) is 11.5. The average Bonchev–Trinajstić information content (AvgIpc) is 2.29. The molecule has 94 valence electrons. The molecule has 0 saturated carbocycles. The SMILES string of the molecule is CNC(C(C)=O)c1ccc(C(C)C)cc1OC. The van der Waals surface area contributed by atoms with E-state index in [-0.39, 0.29) is 11.8 Å². The van der Waals surface area contributed by atoms with Crippen molar-refractivity contribution in [1.29, 1.82) is 0 Å². The van der Waals surface area contributed by atoms with Gasteiger partial charge in [0.05, 0.1) is 13.2 Å². The lowest BCUT2D eigenvalue weighted by molar-refractivity contribution is -0.119. The number of ketones is 1. The second-order valence-electron chi connectivity index (χ2n) is 4.49. The molecule has 0 aliphatic heterocycles. The van der Waals surface area contributed by atoms with E-state index in [2.05, 4.69) is 25.2 Å². The molecule has 1 aromatic rings. The fourth-order valence-electron chi connectivity index (χ4n) is 1.90. The highest BCUT2D eigenvalue weighted by molar-refractivity contribution is 5.83. The predicted molar refractivity (Wildman–Crippen MR) is 69.6 cm³/mol. The van der Waals surface area contributed by atoms with Gasteiger partial charge < -0.3 is 10.1 Å². The van der Waals surface area contributed by atoms with Gasteiger partial charge in [0.2, 0.25) is 0 Å². The highest BCUT2D eigenvalue weighted by Crippen LogP contribution is 2.29. The molecule has 1 aromatic carbocycles. The average molecular weight is 235 g/mol. The van der Waals surface area contributed by atoms with Gasteiger partial charge in [0.1, 0.15) is 5.75 Å². The van der Waals surface area contributed by atoms with Gasteiger partial charge in [-0.15, -0.1) is 0 Å². The topological polar surface area (TPSA) is 38.3 Å².